The summed E-state index contributed by atoms with van der Waals surface area (Å²) >= 11 is 0. The van der Waals surface area contributed by atoms with Crippen LogP contribution in [0.1, 0.15) is 18.1 Å². The minimum absolute atomic E-state index is 0.976. The maximum atomic E-state index is 3.49. The predicted molar refractivity (Wildman–Crippen MR) is 87.1 cm³/mol. The zero-order valence-electron chi connectivity index (χ0n) is 12.5. The Hall–Kier alpha value is -1.80. The lowest BCUT2D eigenvalue weighted by atomic mass is 10.2. The fraction of sp³-hybridized carbons (Fsp3) is 0.333. The Kier molecular flexibility index (Phi) is 5.63. The molecule has 0 amide bonds. The van der Waals surface area contributed by atoms with Crippen LogP contribution in [0.2, 0.25) is 0 Å². The number of likely N-dealkylation sites (N-methyl/N-ethyl adjacent to an activating group) is 1. The highest BCUT2D eigenvalue weighted by Gasteiger charge is 2.03. The van der Waals surface area contributed by atoms with Crippen LogP contribution in [0.4, 0.5) is 5.69 Å². The molecule has 0 bridgehead atoms. The van der Waals surface area contributed by atoms with Gasteiger partial charge < -0.3 is 5.32 Å². The van der Waals surface area contributed by atoms with E-state index in [9.17, 15) is 0 Å². The third-order valence-electron chi connectivity index (χ3n) is 3.47. The smallest absolute Gasteiger partial charge is 0.0343 e. The Morgan fingerprint density at radius 3 is 2.50 bits per heavy atom. The minimum Gasteiger partial charge on any atom is -0.384 e. The van der Waals surface area contributed by atoms with Crippen molar-refractivity contribution in [3.8, 4) is 0 Å². The highest BCUT2D eigenvalue weighted by molar-refractivity contribution is 5.45. The van der Waals surface area contributed by atoms with E-state index in [2.05, 4.69) is 78.7 Å². The summed E-state index contributed by atoms with van der Waals surface area (Å²) in [4.78, 5) is 2.46. The second kappa shape index (κ2) is 7.71. The van der Waals surface area contributed by atoms with Crippen molar-refractivity contribution in [1.82, 2.24) is 4.90 Å². The van der Waals surface area contributed by atoms with E-state index in [0.29, 0.717) is 0 Å². The van der Waals surface area contributed by atoms with Gasteiger partial charge in [-0.1, -0.05) is 49.4 Å². The van der Waals surface area contributed by atoms with Crippen LogP contribution in [0.15, 0.2) is 54.6 Å². The molecule has 0 unspecified atom stereocenters. The van der Waals surface area contributed by atoms with Crippen LogP contribution in [0, 0.1) is 6.92 Å². The number of nitrogens with zero attached hydrogens (tertiary/aromatic N) is 1. The zero-order valence-corrected chi connectivity index (χ0v) is 12.5. The van der Waals surface area contributed by atoms with Gasteiger partial charge in [-0.05, 0) is 36.7 Å². The van der Waals surface area contributed by atoms with Gasteiger partial charge in [0, 0.05) is 25.3 Å². The molecule has 2 nitrogen and oxygen atoms in total. The summed E-state index contributed by atoms with van der Waals surface area (Å²) in [6.45, 7) is 8.47. The van der Waals surface area contributed by atoms with Gasteiger partial charge in [-0.2, -0.15) is 0 Å². The van der Waals surface area contributed by atoms with E-state index in [-0.39, 0.29) is 0 Å². The molecule has 0 aliphatic carbocycles. The largest absolute Gasteiger partial charge is 0.384 e. The van der Waals surface area contributed by atoms with Crippen molar-refractivity contribution in [2.45, 2.75) is 20.4 Å². The van der Waals surface area contributed by atoms with Crippen molar-refractivity contribution in [2.75, 3.05) is 25.0 Å². The number of benzene rings is 2. The highest BCUT2D eigenvalue weighted by atomic mass is 15.1. The fourth-order valence-corrected chi connectivity index (χ4v) is 2.30. The molecule has 0 fully saturated rings. The highest BCUT2D eigenvalue weighted by Crippen LogP contribution is 2.09. The standard InChI is InChI=1S/C18H24N2/c1-3-20(15-17-9-5-4-6-10-17)13-12-19-18-11-7-8-16(2)14-18/h4-11,14,19H,3,12-13,15H2,1-2H3. The molecule has 0 radical (unpaired) electrons. The van der Waals surface area contributed by atoms with Crippen molar-refractivity contribution < 1.29 is 0 Å². The fourth-order valence-electron chi connectivity index (χ4n) is 2.30. The summed E-state index contributed by atoms with van der Waals surface area (Å²) in [6, 6.07) is 19.2. The van der Waals surface area contributed by atoms with Crippen LogP contribution >= 0.6 is 0 Å². The number of rotatable bonds is 7. The van der Waals surface area contributed by atoms with Gasteiger partial charge in [-0.3, -0.25) is 4.90 Å². The first-order valence-electron chi connectivity index (χ1n) is 7.34. The summed E-state index contributed by atoms with van der Waals surface area (Å²) in [5, 5.41) is 3.49. The number of hydrogen-bond acceptors (Lipinski definition) is 2. The van der Waals surface area contributed by atoms with Gasteiger partial charge >= 0.3 is 0 Å². The lowest BCUT2D eigenvalue weighted by molar-refractivity contribution is 0.291. The molecular weight excluding hydrogens is 244 g/mol. The Balaban J connectivity index is 1.79. The molecule has 2 aromatic rings. The molecule has 0 heterocycles. The topological polar surface area (TPSA) is 15.3 Å². The van der Waals surface area contributed by atoms with Crippen molar-refractivity contribution in [3.05, 3.63) is 65.7 Å². The molecule has 0 spiro atoms. The van der Waals surface area contributed by atoms with Gasteiger partial charge in [-0.25, -0.2) is 0 Å². The van der Waals surface area contributed by atoms with Crippen molar-refractivity contribution in [2.24, 2.45) is 0 Å². The third-order valence-corrected chi connectivity index (χ3v) is 3.47. The first kappa shape index (κ1) is 14.6. The summed E-state index contributed by atoms with van der Waals surface area (Å²) < 4.78 is 0. The molecule has 2 aromatic carbocycles. The number of nitrogens with one attached hydrogen (secondary N) is 1. The van der Waals surface area contributed by atoms with Crippen molar-refractivity contribution >= 4 is 5.69 Å². The van der Waals surface area contributed by atoms with Gasteiger partial charge in [0.1, 0.15) is 0 Å². The lowest BCUT2D eigenvalue weighted by Crippen LogP contribution is -2.28. The van der Waals surface area contributed by atoms with E-state index in [0.717, 1.165) is 26.2 Å². The Bertz CT molecular complexity index is 508. The summed E-state index contributed by atoms with van der Waals surface area (Å²) in [5.74, 6) is 0. The maximum absolute atomic E-state index is 3.49. The third kappa shape index (κ3) is 4.71. The Morgan fingerprint density at radius 1 is 1.00 bits per heavy atom. The molecule has 0 aromatic heterocycles. The van der Waals surface area contributed by atoms with Crippen LogP contribution in [-0.2, 0) is 6.54 Å². The summed E-state index contributed by atoms with van der Waals surface area (Å²) in [7, 11) is 0. The molecule has 0 aliphatic rings. The van der Waals surface area contributed by atoms with E-state index in [1.54, 1.807) is 0 Å². The molecule has 0 saturated carbocycles. The molecule has 0 atom stereocenters. The first-order chi connectivity index (χ1) is 9.78. The van der Waals surface area contributed by atoms with Gasteiger partial charge in [0.05, 0.1) is 0 Å². The molecule has 2 heteroatoms. The number of aryl methyl sites for hydroxylation is 1. The Labute approximate surface area is 122 Å². The zero-order chi connectivity index (χ0) is 14.2. The molecule has 20 heavy (non-hydrogen) atoms. The van der Waals surface area contributed by atoms with E-state index in [4.69, 9.17) is 0 Å². The van der Waals surface area contributed by atoms with Crippen LogP contribution < -0.4 is 5.32 Å². The number of hydrogen-bond donors (Lipinski definition) is 1. The molecule has 0 aliphatic heterocycles. The molecule has 1 N–H and O–H groups in total. The van der Waals surface area contributed by atoms with Crippen LogP contribution in [0.25, 0.3) is 0 Å². The monoisotopic (exact) mass is 268 g/mol. The lowest BCUT2D eigenvalue weighted by Gasteiger charge is -2.21. The average Bonchev–Trinajstić information content (AvgIpc) is 2.47. The van der Waals surface area contributed by atoms with Crippen LogP contribution in [0.5, 0.6) is 0 Å². The molecular formula is C18H24N2. The summed E-state index contributed by atoms with van der Waals surface area (Å²) in [6.07, 6.45) is 0. The average molecular weight is 268 g/mol. The minimum atomic E-state index is 0.976. The Morgan fingerprint density at radius 2 is 1.80 bits per heavy atom. The van der Waals surface area contributed by atoms with E-state index < -0.39 is 0 Å². The quantitative estimate of drug-likeness (QED) is 0.818. The maximum Gasteiger partial charge on any atom is 0.0343 e. The summed E-state index contributed by atoms with van der Waals surface area (Å²) in [5.41, 5.74) is 3.89. The van der Waals surface area contributed by atoms with Gasteiger partial charge in [-0.15, -0.1) is 0 Å². The van der Waals surface area contributed by atoms with E-state index >= 15 is 0 Å². The molecule has 2 rings (SSSR count). The second-order valence-electron chi connectivity index (χ2n) is 5.15. The van der Waals surface area contributed by atoms with Gasteiger partial charge in [0.25, 0.3) is 0 Å². The van der Waals surface area contributed by atoms with Crippen LogP contribution in [0.3, 0.4) is 0 Å². The molecule has 0 saturated heterocycles. The van der Waals surface area contributed by atoms with Crippen LogP contribution in [-0.4, -0.2) is 24.5 Å². The normalized spacial score (nSPS) is 10.8. The number of anilines is 1. The first-order valence-corrected chi connectivity index (χ1v) is 7.34. The predicted octanol–water partition coefficient (Wildman–Crippen LogP) is 3.93. The van der Waals surface area contributed by atoms with E-state index in [1.807, 2.05) is 0 Å². The van der Waals surface area contributed by atoms with Crippen molar-refractivity contribution in [1.29, 1.82) is 0 Å². The SMILES string of the molecule is CCN(CCNc1cccc(C)c1)Cc1ccccc1. The molecule has 106 valence electrons. The van der Waals surface area contributed by atoms with E-state index in [1.165, 1.54) is 16.8 Å². The van der Waals surface area contributed by atoms with Gasteiger partial charge in [0.15, 0.2) is 0 Å². The van der Waals surface area contributed by atoms with Gasteiger partial charge in [0.2, 0.25) is 0 Å². The van der Waals surface area contributed by atoms with Crippen molar-refractivity contribution in [3.63, 3.8) is 0 Å². The second-order valence-corrected chi connectivity index (χ2v) is 5.15.